The van der Waals surface area contributed by atoms with Crippen molar-refractivity contribution in [1.29, 1.82) is 0 Å². The molecular formula is C27H28N2O5S. The molecule has 35 heavy (non-hydrogen) atoms. The van der Waals surface area contributed by atoms with Crippen molar-refractivity contribution in [2.24, 2.45) is 5.92 Å². The van der Waals surface area contributed by atoms with E-state index in [0.717, 1.165) is 12.1 Å². The quantitative estimate of drug-likeness (QED) is 0.492. The number of nitrogens with zero attached hydrogens (tertiary/aromatic N) is 2. The first-order valence-electron chi connectivity index (χ1n) is 11.4. The van der Waals surface area contributed by atoms with Crippen molar-refractivity contribution in [2.75, 3.05) is 40.0 Å². The molecule has 1 amide bonds. The number of carbonyl (C=O) groups is 1. The molecule has 0 atom stereocenters. The maximum Gasteiger partial charge on any atom is 0.223 e. The van der Waals surface area contributed by atoms with E-state index in [1.165, 1.54) is 12.5 Å². The predicted molar refractivity (Wildman–Crippen MR) is 137 cm³/mol. The van der Waals surface area contributed by atoms with Crippen LogP contribution in [-0.2, 0) is 20.4 Å². The summed E-state index contributed by atoms with van der Waals surface area (Å²) < 4.78 is 28.7. The zero-order valence-electron chi connectivity index (χ0n) is 20.1. The van der Waals surface area contributed by atoms with E-state index in [9.17, 15) is 18.0 Å². The number of amides is 1. The highest BCUT2D eigenvalue weighted by atomic mass is 32.2. The van der Waals surface area contributed by atoms with Gasteiger partial charge in [0.05, 0.1) is 22.6 Å². The van der Waals surface area contributed by atoms with Gasteiger partial charge in [-0.3, -0.25) is 9.59 Å². The maximum absolute atomic E-state index is 13.0. The summed E-state index contributed by atoms with van der Waals surface area (Å²) in [5.74, 6) is 6.60. The molecule has 4 rings (SSSR count). The summed E-state index contributed by atoms with van der Waals surface area (Å²) in [6.07, 6.45) is 3.13. The normalized spacial score (nSPS) is 14.0. The van der Waals surface area contributed by atoms with Crippen molar-refractivity contribution >= 4 is 26.7 Å². The Balaban J connectivity index is 1.45. The zero-order chi connectivity index (χ0) is 25.2. The second kappa shape index (κ2) is 10.1. The Morgan fingerprint density at radius 1 is 1.14 bits per heavy atom. The highest BCUT2D eigenvalue weighted by Crippen LogP contribution is 2.22. The number of carbonyl (C=O) groups excluding carboxylic acids is 1. The van der Waals surface area contributed by atoms with Gasteiger partial charge in [-0.15, -0.1) is 0 Å². The van der Waals surface area contributed by atoms with Crippen molar-refractivity contribution in [3.8, 4) is 23.0 Å². The van der Waals surface area contributed by atoms with E-state index in [-0.39, 0.29) is 23.0 Å². The van der Waals surface area contributed by atoms with Crippen LogP contribution in [0, 0.1) is 17.8 Å². The largest absolute Gasteiger partial charge is 0.463 e. The molecule has 0 N–H and O–H groups in total. The summed E-state index contributed by atoms with van der Waals surface area (Å²) in [6, 6.07) is 12.1. The van der Waals surface area contributed by atoms with Crippen LogP contribution in [0.15, 0.2) is 57.9 Å². The Morgan fingerprint density at radius 3 is 2.51 bits per heavy atom. The van der Waals surface area contributed by atoms with Gasteiger partial charge in [0.15, 0.2) is 15.3 Å². The van der Waals surface area contributed by atoms with Crippen LogP contribution in [0.4, 0.5) is 0 Å². The molecular weight excluding hydrogens is 464 g/mol. The summed E-state index contributed by atoms with van der Waals surface area (Å²) in [5.41, 5.74) is 2.78. The molecule has 8 heteroatoms. The second-order valence-electron chi connectivity index (χ2n) is 9.27. The molecule has 1 aliphatic heterocycles. The van der Waals surface area contributed by atoms with Gasteiger partial charge in [0.1, 0.15) is 11.8 Å². The van der Waals surface area contributed by atoms with E-state index in [2.05, 4.69) is 11.8 Å². The topological polar surface area (TPSA) is 87.9 Å². The predicted octanol–water partition coefficient (Wildman–Crippen LogP) is 2.77. The van der Waals surface area contributed by atoms with Crippen molar-refractivity contribution in [3.05, 3.63) is 70.1 Å². The molecule has 2 heterocycles. The fourth-order valence-electron chi connectivity index (χ4n) is 3.92. The maximum atomic E-state index is 13.0. The van der Waals surface area contributed by atoms with Crippen molar-refractivity contribution < 1.29 is 17.6 Å². The monoisotopic (exact) mass is 492 g/mol. The van der Waals surface area contributed by atoms with Gasteiger partial charge < -0.3 is 14.2 Å². The van der Waals surface area contributed by atoms with E-state index < -0.39 is 9.84 Å². The summed E-state index contributed by atoms with van der Waals surface area (Å²) in [7, 11) is 0.772. The third-order valence-electron chi connectivity index (χ3n) is 5.90. The second-order valence-corrected chi connectivity index (χ2v) is 11.4. The lowest BCUT2D eigenvalue weighted by atomic mass is 9.99. The van der Waals surface area contributed by atoms with Crippen molar-refractivity contribution in [1.82, 2.24) is 9.80 Å². The lowest BCUT2D eigenvalue weighted by Crippen LogP contribution is -2.49. The Hall–Kier alpha value is -3.41. The smallest absolute Gasteiger partial charge is 0.223 e. The highest BCUT2D eigenvalue weighted by Gasteiger charge is 2.28. The molecule has 2 aromatic carbocycles. The standard InChI is InChI=1S/C27H28N2O5S/c1-28(2)13-12-26(30)29-15-21(16-29)5-4-19-8-11-23-25(14-19)34-17-24(27(23)31)22-9-6-20(7-10-22)18-35(3,32)33/h6-11,14,17,21H,12-13,15-16,18H2,1-3H3. The number of hydrogen-bond donors (Lipinski definition) is 0. The lowest BCUT2D eigenvalue weighted by molar-refractivity contribution is -0.136. The molecule has 0 unspecified atom stereocenters. The molecule has 0 saturated carbocycles. The summed E-state index contributed by atoms with van der Waals surface area (Å²) >= 11 is 0. The lowest BCUT2D eigenvalue weighted by Gasteiger charge is -2.36. The minimum absolute atomic E-state index is 0.0466. The van der Waals surface area contributed by atoms with Crippen LogP contribution < -0.4 is 5.43 Å². The van der Waals surface area contributed by atoms with E-state index in [1.54, 1.807) is 42.5 Å². The first-order valence-corrected chi connectivity index (χ1v) is 13.4. The Kier molecular flexibility index (Phi) is 7.10. The molecule has 1 saturated heterocycles. The van der Waals surface area contributed by atoms with Crippen molar-refractivity contribution in [2.45, 2.75) is 12.2 Å². The average molecular weight is 493 g/mol. The molecule has 0 spiro atoms. The molecule has 0 bridgehead atoms. The van der Waals surface area contributed by atoms with Gasteiger partial charge in [-0.1, -0.05) is 36.1 Å². The number of rotatable bonds is 6. The van der Waals surface area contributed by atoms with Gasteiger partial charge in [0, 0.05) is 37.9 Å². The van der Waals surface area contributed by atoms with Gasteiger partial charge >= 0.3 is 0 Å². The summed E-state index contributed by atoms with van der Waals surface area (Å²) in [5, 5.41) is 0.453. The zero-order valence-corrected chi connectivity index (χ0v) is 20.9. The fourth-order valence-corrected chi connectivity index (χ4v) is 4.72. The van der Waals surface area contributed by atoms with Crippen molar-refractivity contribution in [3.63, 3.8) is 0 Å². The number of likely N-dealkylation sites (tertiary alicyclic amines) is 1. The van der Waals surface area contributed by atoms with Gasteiger partial charge in [0.25, 0.3) is 0 Å². The van der Waals surface area contributed by atoms with Crippen LogP contribution in [0.1, 0.15) is 17.5 Å². The van der Waals surface area contributed by atoms with Gasteiger partial charge in [-0.2, -0.15) is 0 Å². The van der Waals surface area contributed by atoms with Crippen LogP contribution in [0.2, 0.25) is 0 Å². The third-order valence-corrected chi connectivity index (χ3v) is 6.75. The minimum atomic E-state index is -3.13. The SMILES string of the molecule is CN(C)CCC(=O)N1CC(C#Cc2ccc3c(=O)c(-c4ccc(CS(C)(=O)=O)cc4)coc3c2)C1. The molecule has 0 aliphatic carbocycles. The number of sulfone groups is 1. The van der Waals surface area contributed by atoms with E-state index in [4.69, 9.17) is 4.42 Å². The van der Waals surface area contributed by atoms with E-state index >= 15 is 0 Å². The third kappa shape index (κ3) is 6.18. The Bertz CT molecular complexity index is 1470. The van der Waals surface area contributed by atoms with E-state index in [0.29, 0.717) is 47.2 Å². The molecule has 1 aromatic heterocycles. The molecule has 1 aliphatic rings. The first-order chi connectivity index (χ1) is 16.6. The van der Waals surface area contributed by atoms with Crippen LogP contribution in [0.25, 0.3) is 22.1 Å². The Labute approximate surface area is 205 Å². The number of fused-ring (bicyclic) bond motifs is 1. The van der Waals surface area contributed by atoms with E-state index in [1.807, 2.05) is 23.9 Å². The highest BCUT2D eigenvalue weighted by molar-refractivity contribution is 7.89. The van der Waals surface area contributed by atoms with Crippen LogP contribution in [0.5, 0.6) is 0 Å². The van der Waals surface area contributed by atoms with Gasteiger partial charge in [-0.25, -0.2) is 8.42 Å². The number of hydrogen-bond acceptors (Lipinski definition) is 6. The molecule has 182 valence electrons. The summed E-state index contributed by atoms with van der Waals surface area (Å²) in [6.45, 7) is 2.03. The van der Waals surface area contributed by atoms with Crippen LogP contribution in [0.3, 0.4) is 0 Å². The number of benzene rings is 2. The summed E-state index contributed by atoms with van der Waals surface area (Å²) in [4.78, 5) is 29.0. The van der Waals surface area contributed by atoms with Gasteiger partial charge in [-0.05, 0) is 43.4 Å². The fraction of sp³-hybridized carbons (Fsp3) is 0.333. The average Bonchev–Trinajstić information content (AvgIpc) is 2.76. The van der Waals surface area contributed by atoms with Crippen LogP contribution in [-0.4, -0.2) is 64.1 Å². The molecule has 0 radical (unpaired) electrons. The minimum Gasteiger partial charge on any atom is -0.463 e. The first kappa shape index (κ1) is 24.7. The molecule has 7 nitrogen and oxygen atoms in total. The molecule has 1 fully saturated rings. The Morgan fingerprint density at radius 2 is 1.86 bits per heavy atom. The van der Waals surface area contributed by atoms with Gasteiger partial charge in [0.2, 0.25) is 5.91 Å². The molecule has 3 aromatic rings. The van der Waals surface area contributed by atoms with Crippen LogP contribution >= 0.6 is 0 Å².